The Balaban J connectivity index is 2.18. The highest BCUT2D eigenvalue weighted by Crippen LogP contribution is 2.18. The number of para-hydroxylation sites is 1. The van der Waals surface area contributed by atoms with Gasteiger partial charge in [0.1, 0.15) is 10.7 Å². The maximum Gasteiger partial charge on any atom is 0.268 e. The van der Waals surface area contributed by atoms with E-state index in [2.05, 4.69) is 5.32 Å². The first-order chi connectivity index (χ1) is 8.18. The quantitative estimate of drug-likeness (QED) is 0.869. The van der Waals surface area contributed by atoms with Crippen LogP contribution in [0.3, 0.4) is 0 Å². The summed E-state index contributed by atoms with van der Waals surface area (Å²) in [4.78, 5) is 12.2. The Labute approximate surface area is 102 Å². The lowest BCUT2D eigenvalue weighted by Gasteiger charge is -2.17. The zero-order chi connectivity index (χ0) is 12.3. The second-order valence-electron chi connectivity index (χ2n) is 3.60. The summed E-state index contributed by atoms with van der Waals surface area (Å²) in [5.74, 6) is 0.462. The lowest BCUT2D eigenvalue weighted by atomic mass is 10.3. The van der Waals surface area contributed by atoms with Gasteiger partial charge in [-0.2, -0.15) is 0 Å². The van der Waals surface area contributed by atoms with Crippen molar-refractivity contribution >= 4 is 22.4 Å². The van der Waals surface area contributed by atoms with Gasteiger partial charge in [0.15, 0.2) is 0 Å². The third kappa shape index (κ3) is 2.74. The van der Waals surface area contributed by atoms with E-state index in [-0.39, 0.29) is 10.8 Å². The number of anilines is 1. The second-order valence-corrected chi connectivity index (χ2v) is 5.11. The highest BCUT2D eigenvalue weighted by atomic mass is 32.2. The number of amides is 1. The van der Waals surface area contributed by atoms with Gasteiger partial charge >= 0.3 is 0 Å². The zero-order valence-electron chi connectivity index (χ0n) is 9.43. The molecule has 1 atom stereocenters. The van der Waals surface area contributed by atoms with Crippen molar-refractivity contribution in [2.45, 2.75) is 6.92 Å². The number of ether oxygens (including phenoxy) is 1. The van der Waals surface area contributed by atoms with Crippen molar-refractivity contribution in [2.24, 2.45) is 0 Å². The summed E-state index contributed by atoms with van der Waals surface area (Å²) < 4.78 is 17.0. The highest BCUT2D eigenvalue weighted by molar-refractivity contribution is 7.90. The van der Waals surface area contributed by atoms with E-state index in [4.69, 9.17) is 4.74 Å². The van der Waals surface area contributed by atoms with E-state index < -0.39 is 10.8 Å². The molecule has 1 amide bonds. The lowest BCUT2D eigenvalue weighted by molar-refractivity contribution is -0.112. The molecule has 0 aliphatic carbocycles. The maximum absolute atomic E-state index is 11.9. The Morgan fingerprint density at radius 3 is 2.71 bits per heavy atom. The average Bonchev–Trinajstić information content (AvgIpc) is 2.30. The Bertz CT molecular complexity index is 482. The zero-order valence-corrected chi connectivity index (χ0v) is 10.3. The van der Waals surface area contributed by atoms with Crippen LogP contribution in [0.15, 0.2) is 41.0 Å². The van der Waals surface area contributed by atoms with Crippen molar-refractivity contribution in [3.05, 3.63) is 41.0 Å². The van der Waals surface area contributed by atoms with Crippen molar-refractivity contribution < 1.29 is 13.7 Å². The van der Waals surface area contributed by atoms with E-state index >= 15 is 0 Å². The third-order valence-electron chi connectivity index (χ3n) is 2.37. The van der Waals surface area contributed by atoms with Gasteiger partial charge in [0.2, 0.25) is 0 Å². The predicted molar refractivity (Wildman–Crippen MR) is 66.7 cm³/mol. The number of benzene rings is 1. The summed E-state index contributed by atoms with van der Waals surface area (Å²) in [6.45, 7) is 2.07. The summed E-state index contributed by atoms with van der Waals surface area (Å²) in [6.07, 6.45) is 0. The monoisotopic (exact) mass is 251 g/mol. The number of allylic oxidation sites excluding steroid dienone is 1. The molecule has 0 fully saturated rings. The van der Waals surface area contributed by atoms with Crippen LogP contribution in [0.5, 0.6) is 0 Å². The fourth-order valence-electron chi connectivity index (χ4n) is 1.57. The Hall–Kier alpha value is -1.62. The van der Waals surface area contributed by atoms with Crippen LogP contribution in [0.1, 0.15) is 6.92 Å². The number of hydrogen-bond acceptors (Lipinski definition) is 3. The van der Waals surface area contributed by atoms with Crippen molar-refractivity contribution in [3.8, 4) is 0 Å². The van der Waals surface area contributed by atoms with Crippen LogP contribution in [0.4, 0.5) is 5.69 Å². The molecule has 0 aromatic heterocycles. The summed E-state index contributed by atoms with van der Waals surface area (Å²) in [7, 11) is -1.27. The molecule has 0 saturated heterocycles. The van der Waals surface area contributed by atoms with Gasteiger partial charge in [0.25, 0.3) is 5.91 Å². The first kappa shape index (κ1) is 11.9. The Kier molecular flexibility index (Phi) is 3.58. The molecule has 17 heavy (non-hydrogen) atoms. The standard InChI is InChI=1S/C12H13NO3S/c1-9-11(17(15)8-7-16-9)12(14)13-10-5-3-2-4-6-10/h2-6H,7-8H2,1H3,(H,13,14). The van der Waals surface area contributed by atoms with Gasteiger partial charge in [-0.1, -0.05) is 18.2 Å². The number of carbonyl (C=O) groups excluding carboxylic acids is 1. The van der Waals surface area contributed by atoms with Gasteiger partial charge in [0, 0.05) is 5.69 Å². The van der Waals surface area contributed by atoms with Crippen LogP contribution in [-0.4, -0.2) is 22.5 Å². The van der Waals surface area contributed by atoms with Gasteiger partial charge in [-0.15, -0.1) is 0 Å². The number of carbonyl (C=O) groups is 1. The fourth-order valence-corrected chi connectivity index (χ4v) is 2.65. The smallest absolute Gasteiger partial charge is 0.268 e. The van der Waals surface area contributed by atoms with Crippen molar-refractivity contribution in [3.63, 3.8) is 0 Å². The topological polar surface area (TPSA) is 55.4 Å². The number of hydrogen-bond donors (Lipinski definition) is 1. The van der Waals surface area contributed by atoms with Gasteiger partial charge in [-0.05, 0) is 19.1 Å². The summed E-state index contributed by atoms with van der Waals surface area (Å²) >= 11 is 0. The maximum atomic E-state index is 11.9. The number of rotatable bonds is 2. The molecule has 4 nitrogen and oxygen atoms in total. The Morgan fingerprint density at radius 1 is 1.35 bits per heavy atom. The lowest BCUT2D eigenvalue weighted by Crippen LogP contribution is -2.25. The van der Waals surface area contributed by atoms with Crippen LogP contribution in [-0.2, 0) is 20.3 Å². The van der Waals surface area contributed by atoms with Gasteiger partial charge in [-0.25, -0.2) is 0 Å². The van der Waals surface area contributed by atoms with Crippen molar-refractivity contribution in [1.82, 2.24) is 0 Å². The molecular weight excluding hydrogens is 238 g/mol. The molecule has 5 heteroatoms. The molecular formula is C12H13NO3S. The van der Waals surface area contributed by atoms with Crippen LogP contribution in [0.2, 0.25) is 0 Å². The van der Waals surface area contributed by atoms with E-state index in [1.165, 1.54) is 0 Å². The van der Waals surface area contributed by atoms with Gasteiger partial charge in [-0.3, -0.25) is 9.00 Å². The summed E-state index contributed by atoms with van der Waals surface area (Å²) in [5.41, 5.74) is 0.681. The molecule has 0 radical (unpaired) electrons. The fraction of sp³-hybridized carbons (Fsp3) is 0.250. The van der Waals surface area contributed by atoms with E-state index in [1.807, 2.05) is 18.2 Å². The molecule has 2 rings (SSSR count). The molecule has 1 aromatic rings. The van der Waals surface area contributed by atoms with E-state index in [1.54, 1.807) is 19.1 Å². The molecule has 0 bridgehead atoms. The van der Waals surface area contributed by atoms with Gasteiger partial charge < -0.3 is 10.1 Å². The SMILES string of the molecule is CC1=C(C(=O)Nc2ccccc2)S(=O)CCO1. The van der Waals surface area contributed by atoms with Crippen LogP contribution in [0.25, 0.3) is 0 Å². The largest absolute Gasteiger partial charge is 0.496 e. The van der Waals surface area contributed by atoms with Crippen molar-refractivity contribution in [2.75, 3.05) is 17.7 Å². The first-order valence-corrected chi connectivity index (χ1v) is 6.59. The average molecular weight is 251 g/mol. The summed E-state index contributed by atoms with van der Waals surface area (Å²) in [5, 5.41) is 2.70. The van der Waals surface area contributed by atoms with Gasteiger partial charge in [0.05, 0.1) is 23.2 Å². The minimum absolute atomic E-state index is 0.236. The molecule has 1 unspecified atom stereocenters. The van der Waals surface area contributed by atoms with Crippen LogP contribution in [0, 0.1) is 0 Å². The van der Waals surface area contributed by atoms with E-state index in [0.29, 0.717) is 23.8 Å². The molecule has 1 heterocycles. The van der Waals surface area contributed by atoms with E-state index in [9.17, 15) is 9.00 Å². The molecule has 90 valence electrons. The van der Waals surface area contributed by atoms with E-state index in [0.717, 1.165) is 0 Å². The molecule has 1 aromatic carbocycles. The molecule has 0 saturated carbocycles. The normalized spacial score (nSPS) is 19.7. The minimum atomic E-state index is -1.27. The third-order valence-corrected chi connectivity index (χ3v) is 3.84. The van der Waals surface area contributed by atoms with Crippen LogP contribution >= 0.6 is 0 Å². The molecule has 1 aliphatic rings. The number of nitrogens with one attached hydrogen (secondary N) is 1. The molecule has 0 spiro atoms. The first-order valence-electron chi connectivity index (χ1n) is 5.27. The molecule has 1 aliphatic heterocycles. The summed E-state index contributed by atoms with van der Waals surface area (Å²) in [6, 6.07) is 9.07. The Morgan fingerprint density at radius 2 is 2.06 bits per heavy atom. The predicted octanol–water partition coefficient (Wildman–Crippen LogP) is 1.64. The highest BCUT2D eigenvalue weighted by Gasteiger charge is 2.24. The minimum Gasteiger partial charge on any atom is -0.496 e. The van der Waals surface area contributed by atoms with Crippen molar-refractivity contribution in [1.29, 1.82) is 0 Å². The molecule has 1 N–H and O–H groups in total. The van der Waals surface area contributed by atoms with Crippen LogP contribution < -0.4 is 5.32 Å². The second kappa shape index (κ2) is 5.14.